The molecule has 1 fully saturated rings. The molecule has 0 radical (unpaired) electrons. The molecule has 4 aromatic rings. The quantitative estimate of drug-likeness (QED) is 0.571. The number of fused-ring (bicyclic) bond motifs is 1. The van der Waals surface area contributed by atoms with Gasteiger partial charge in [-0.05, 0) is 25.0 Å². The van der Waals surface area contributed by atoms with E-state index in [1.54, 1.807) is 4.52 Å². The van der Waals surface area contributed by atoms with Crippen LogP contribution in [0.25, 0.3) is 17.0 Å². The van der Waals surface area contributed by atoms with E-state index in [-0.39, 0.29) is 11.9 Å². The highest BCUT2D eigenvalue weighted by molar-refractivity contribution is 5.94. The Hall–Kier alpha value is -3.74. The van der Waals surface area contributed by atoms with Crippen LogP contribution in [0.15, 0.2) is 73.1 Å². The monoisotopic (exact) mass is 398 g/mol. The Morgan fingerprint density at radius 1 is 0.967 bits per heavy atom. The number of carbonyl (C=O) groups excluding carboxylic acids is 1. The average molecular weight is 398 g/mol. The molecule has 2 aromatic carbocycles. The third-order valence-electron chi connectivity index (χ3n) is 5.49. The van der Waals surface area contributed by atoms with E-state index < -0.39 is 0 Å². The molecule has 0 bridgehead atoms. The van der Waals surface area contributed by atoms with Crippen LogP contribution in [0, 0.1) is 0 Å². The number of hydrogen-bond acceptors (Lipinski definition) is 5. The minimum Gasteiger partial charge on any atom is -0.356 e. The van der Waals surface area contributed by atoms with E-state index in [1.807, 2.05) is 60.7 Å². The zero-order valence-corrected chi connectivity index (χ0v) is 16.5. The first-order valence-electron chi connectivity index (χ1n) is 10.1. The zero-order valence-electron chi connectivity index (χ0n) is 16.5. The minimum atomic E-state index is -0.0111. The summed E-state index contributed by atoms with van der Waals surface area (Å²) in [5, 5.41) is 7.53. The number of nitrogens with zero attached hydrogens (tertiary/aromatic N) is 5. The van der Waals surface area contributed by atoms with E-state index in [2.05, 4.69) is 31.3 Å². The van der Waals surface area contributed by atoms with Crippen LogP contribution in [0.1, 0.15) is 23.2 Å². The van der Waals surface area contributed by atoms with Gasteiger partial charge in [0.25, 0.3) is 11.7 Å². The summed E-state index contributed by atoms with van der Waals surface area (Å²) in [6, 6.07) is 21.7. The Morgan fingerprint density at radius 3 is 2.40 bits per heavy atom. The zero-order chi connectivity index (χ0) is 20.3. The first-order valence-corrected chi connectivity index (χ1v) is 10.1. The van der Waals surface area contributed by atoms with Crippen LogP contribution >= 0.6 is 0 Å². The number of nitrogens with one attached hydrogen (secondary N) is 1. The molecular formula is C23H22N6O. The Bertz CT molecular complexity index is 1150. The molecule has 150 valence electrons. The molecule has 7 heteroatoms. The minimum absolute atomic E-state index is 0.0111. The highest BCUT2D eigenvalue weighted by atomic mass is 16.1. The van der Waals surface area contributed by atoms with Crippen molar-refractivity contribution in [1.29, 1.82) is 0 Å². The van der Waals surface area contributed by atoms with Gasteiger partial charge in [-0.3, -0.25) is 4.79 Å². The van der Waals surface area contributed by atoms with Gasteiger partial charge in [0.2, 0.25) is 0 Å². The number of rotatable bonds is 4. The molecule has 0 aliphatic carbocycles. The molecule has 1 N–H and O–H groups in total. The van der Waals surface area contributed by atoms with E-state index in [9.17, 15) is 4.79 Å². The molecule has 1 aliphatic rings. The van der Waals surface area contributed by atoms with Crippen molar-refractivity contribution in [2.75, 3.05) is 18.0 Å². The van der Waals surface area contributed by atoms with Gasteiger partial charge < -0.3 is 10.2 Å². The van der Waals surface area contributed by atoms with Gasteiger partial charge in [-0.25, -0.2) is 4.98 Å². The van der Waals surface area contributed by atoms with Gasteiger partial charge >= 0.3 is 0 Å². The smallest absolute Gasteiger partial charge is 0.254 e. The van der Waals surface area contributed by atoms with Gasteiger partial charge in [0.1, 0.15) is 12.1 Å². The lowest BCUT2D eigenvalue weighted by Gasteiger charge is -2.33. The molecule has 1 amide bonds. The molecule has 7 nitrogen and oxygen atoms in total. The fraction of sp³-hybridized carbons (Fsp3) is 0.217. The van der Waals surface area contributed by atoms with Crippen molar-refractivity contribution in [1.82, 2.24) is 24.9 Å². The second kappa shape index (κ2) is 7.94. The van der Waals surface area contributed by atoms with E-state index >= 15 is 0 Å². The van der Waals surface area contributed by atoms with Crippen molar-refractivity contribution < 1.29 is 4.79 Å². The molecule has 0 atom stereocenters. The van der Waals surface area contributed by atoms with Crippen molar-refractivity contribution in [3.05, 3.63) is 78.6 Å². The Kier molecular flexibility index (Phi) is 4.85. The largest absolute Gasteiger partial charge is 0.356 e. The molecule has 30 heavy (non-hydrogen) atoms. The summed E-state index contributed by atoms with van der Waals surface area (Å²) in [4.78, 5) is 23.7. The molecule has 3 heterocycles. The number of aromatic nitrogens is 4. The van der Waals surface area contributed by atoms with Crippen molar-refractivity contribution in [3.8, 4) is 11.3 Å². The molecule has 0 saturated carbocycles. The lowest BCUT2D eigenvalue weighted by molar-refractivity contribution is 0.0931. The van der Waals surface area contributed by atoms with Crippen molar-refractivity contribution in [2.45, 2.75) is 18.9 Å². The van der Waals surface area contributed by atoms with E-state index in [4.69, 9.17) is 0 Å². The number of piperidine rings is 1. The SMILES string of the molecule is O=C(NC1CCN(c2cc(-c3ccccc3)nc3ncnn23)CC1)c1ccccc1. The van der Waals surface area contributed by atoms with Gasteiger partial charge in [0, 0.05) is 36.3 Å². The lowest BCUT2D eigenvalue weighted by Crippen LogP contribution is -2.45. The third-order valence-corrected chi connectivity index (χ3v) is 5.49. The van der Waals surface area contributed by atoms with Gasteiger partial charge in [0.15, 0.2) is 0 Å². The molecule has 0 spiro atoms. The highest BCUT2D eigenvalue weighted by Crippen LogP contribution is 2.26. The standard InChI is InChI=1S/C23H22N6O/c30-22(18-9-5-2-6-10-18)26-19-11-13-28(14-12-19)21-15-20(17-7-3-1-4-8-17)27-23-24-16-25-29(21)23/h1-10,15-16,19H,11-14H2,(H,26,30). The van der Waals surface area contributed by atoms with Crippen LogP contribution in [0.4, 0.5) is 5.82 Å². The third kappa shape index (κ3) is 3.61. The topological polar surface area (TPSA) is 75.4 Å². The Balaban J connectivity index is 1.33. The van der Waals surface area contributed by atoms with Crippen LogP contribution < -0.4 is 10.2 Å². The fourth-order valence-electron chi connectivity index (χ4n) is 3.89. The second-order valence-electron chi connectivity index (χ2n) is 7.44. The summed E-state index contributed by atoms with van der Waals surface area (Å²) in [5.41, 5.74) is 2.63. The van der Waals surface area contributed by atoms with Gasteiger partial charge in [0.05, 0.1) is 5.69 Å². The Labute approximate surface area is 174 Å². The number of amides is 1. The normalized spacial score (nSPS) is 14.7. The fourth-order valence-corrected chi connectivity index (χ4v) is 3.89. The summed E-state index contributed by atoms with van der Waals surface area (Å²) < 4.78 is 1.79. The predicted molar refractivity (Wildman–Crippen MR) is 115 cm³/mol. The maximum absolute atomic E-state index is 12.5. The van der Waals surface area contributed by atoms with Crippen LogP contribution in [0.2, 0.25) is 0 Å². The lowest BCUT2D eigenvalue weighted by atomic mass is 10.0. The average Bonchev–Trinajstić information content (AvgIpc) is 3.29. The molecular weight excluding hydrogens is 376 g/mol. The predicted octanol–water partition coefficient (Wildman–Crippen LogP) is 3.19. The molecule has 5 rings (SSSR count). The molecule has 0 unspecified atom stereocenters. The summed E-state index contributed by atoms with van der Waals surface area (Å²) in [5.74, 6) is 1.55. The van der Waals surface area contributed by atoms with Crippen molar-refractivity contribution in [2.24, 2.45) is 0 Å². The maximum atomic E-state index is 12.5. The Morgan fingerprint density at radius 2 is 1.67 bits per heavy atom. The summed E-state index contributed by atoms with van der Waals surface area (Å²) >= 11 is 0. The van der Waals surface area contributed by atoms with E-state index in [0.717, 1.165) is 43.0 Å². The number of carbonyl (C=O) groups is 1. The number of anilines is 1. The summed E-state index contributed by atoms with van der Waals surface area (Å²) in [6.07, 6.45) is 3.28. The summed E-state index contributed by atoms with van der Waals surface area (Å²) in [6.45, 7) is 1.65. The van der Waals surface area contributed by atoms with Gasteiger partial charge in [-0.15, -0.1) is 0 Å². The summed E-state index contributed by atoms with van der Waals surface area (Å²) in [7, 11) is 0. The van der Waals surface area contributed by atoms with Crippen LogP contribution in [0.3, 0.4) is 0 Å². The highest BCUT2D eigenvalue weighted by Gasteiger charge is 2.24. The van der Waals surface area contributed by atoms with E-state index in [0.29, 0.717) is 11.3 Å². The number of hydrogen-bond donors (Lipinski definition) is 1. The van der Waals surface area contributed by atoms with Crippen LogP contribution in [-0.2, 0) is 0 Å². The number of benzene rings is 2. The first kappa shape index (κ1) is 18.3. The first-order chi connectivity index (χ1) is 14.8. The van der Waals surface area contributed by atoms with Gasteiger partial charge in [-0.2, -0.15) is 14.6 Å². The van der Waals surface area contributed by atoms with Gasteiger partial charge in [-0.1, -0.05) is 48.5 Å². The molecule has 2 aromatic heterocycles. The second-order valence-corrected chi connectivity index (χ2v) is 7.44. The van der Waals surface area contributed by atoms with Crippen LogP contribution in [0.5, 0.6) is 0 Å². The van der Waals surface area contributed by atoms with Crippen molar-refractivity contribution in [3.63, 3.8) is 0 Å². The van der Waals surface area contributed by atoms with Crippen LogP contribution in [-0.4, -0.2) is 44.6 Å². The van der Waals surface area contributed by atoms with Crippen molar-refractivity contribution >= 4 is 17.5 Å². The molecule has 1 saturated heterocycles. The van der Waals surface area contributed by atoms with E-state index in [1.165, 1.54) is 6.33 Å². The maximum Gasteiger partial charge on any atom is 0.254 e. The molecule has 1 aliphatic heterocycles.